The van der Waals surface area contributed by atoms with Gasteiger partial charge in [-0.2, -0.15) is 4.79 Å². The van der Waals surface area contributed by atoms with Crippen LogP contribution < -0.4 is 0 Å². The van der Waals surface area contributed by atoms with E-state index in [1.54, 1.807) is 30.5 Å². The monoisotopic (exact) mass is 297 g/mol. The maximum atomic E-state index is 12.3. The lowest BCUT2D eigenvalue weighted by Crippen LogP contribution is -2.00. The van der Waals surface area contributed by atoms with Gasteiger partial charge in [0, 0.05) is 6.07 Å². The van der Waals surface area contributed by atoms with Crippen LogP contribution >= 0.6 is 10.5 Å². The lowest BCUT2D eigenvalue weighted by atomic mass is 10.4. The lowest BCUT2D eigenvalue weighted by molar-refractivity contribution is 0.180. The Kier molecular flexibility index (Phi) is 4.01. The van der Waals surface area contributed by atoms with Gasteiger partial charge in [0.1, 0.15) is 4.90 Å². The summed E-state index contributed by atoms with van der Waals surface area (Å²) in [7, 11) is -4.45. The molecular formula is C13H13O4S2+. The van der Waals surface area contributed by atoms with E-state index in [1.807, 2.05) is 0 Å². The Balaban J connectivity index is 2.36. The highest BCUT2D eigenvalue weighted by Crippen LogP contribution is 2.29. The molecule has 2 rings (SSSR count). The lowest BCUT2D eigenvalue weighted by Gasteiger charge is -1.99. The summed E-state index contributed by atoms with van der Waals surface area (Å²) in [5, 5.41) is 2.60. The number of hydrogen-bond donors (Lipinski definition) is 0. The third-order valence-corrected chi connectivity index (χ3v) is 5.80. The largest absolute Gasteiger partial charge is 0.554 e. The number of carbonyl (C=O) groups is 1. The molecular weight excluding hydrogens is 284 g/mol. The van der Waals surface area contributed by atoms with Crippen molar-refractivity contribution in [2.75, 3.05) is 6.61 Å². The highest BCUT2D eigenvalue weighted by atomic mass is 32.2. The SMILES string of the molecule is CCOC(=O)[s+]1ccc(S(=O)(=O)c2ccccc2)c1. The van der Waals surface area contributed by atoms with E-state index in [1.165, 1.54) is 23.6 Å². The first kappa shape index (κ1) is 13.8. The third kappa shape index (κ3) is 2.85. The van der Waals surface area contributed by atoms with E-state index in [4.69, 9.17) is 4.74 Å². The Bertz CT molecular complexity index is 672. The summed E-state index contributed by atoms with van der Waals surface area (Å²) in [5.74, 6) is 0. The van der Waals surface area contributed by atoms with Crippen molar-refractivity contribution in [2.45, 2.75) is 16.7 Å². The second kappa shape index (κ2) is 5.54. The van der Waals surface area contributed by atoms with Crippen LogP contribution in [0.1, 0.15) is 6.92 Å². The maximum absolute atomic E-state index is 12.3. The van der Waals surface area contributed by atoms with Crippen molar-refractivity contribution < 1.29 is 17.9 Å². The number of sulfone groups is 1. The zero-order chi connectivity index (χ0) is 13.9. The summed E-state index contributed by atoms with van der Waals surface area (Å²) in [6.45, 7) is 2.00. The maximum Gasteiger partial charge on any atom is 0.554 e. The zero-order valence-corrected chi connectivity index (χ0v) is 11.9. The zero-order valence-electron chi connectivity index (χ0n) is 10.3. The van der Waals surface area contributed by atoms with E-state index in [0.29, 0.717) is 0 Å². The molecule has 0 aliphatic carbocycles. The molecule has 4 nitrogen and oxygen atoms in total. The minimum absolute atomic E-state index is 0.148. The van der Waals surface area contributed by atoms with Crippen molar-refractivity contribution >= 4 is 25.6 Å². The second-order valence-corrected chi connectivity index (χ2v) is 7.23. The van der Waals surface area contributed by atoms with Gasteiger partial charge >= 0.3 is 5.30 Å². The van der Waals surface area contributed by atoms with E-state index < -0.39 is 25.6 Å². The average molecular weight is 297 g/mol. The minimum atomic E-state index is -3.55. The van der Waals surface area contributed by atoms with E-state index in [9.17, 15) is 13.2 Å². The van der Waals surface area contributed by atoms with Crippen LogP contribution in [0.15, 0.2) is 56.9 Å². The Hall–Kier alpha value is -1.66. The molecule has 0 N–H and O–H groups in total. The van der Waals surface area contributed by atoms with Gasteiger partial charge in [-0.1, -0.05) is 18.2 Å². The summed E-state index contributed by atoms with van der Waals surface area (Å²) in [4.78, 5) is 11.9. The molecule has 0 saturated carbocycles. The number of ether oxygens (including phenoxy) is 1. The number of rotatable bonds is 4. The first-order chi connectivity index (χ1) is 9.05. The molecule has 19 heavy (non-hydrogen) atoms. The number of hydrogen-bond acceptors (Lipinski definition) is 4. The molecule has 2 aromatic rings. The molecule has 1 heterocycles. The molecule has 0 bridgehead atoms. The molecule has 0 spiro atoms. The Morgan fingerprint density at radius 3 is 2.47 bits per heavy atom. The standard InChI is InChI=1S/C13H13O4S2/c1-2-17-13(14)18-9-8-12(10-18)19(15,16)11-6-4-3-5-7-11/h3-10H,2H2,1H3/q+1. The highest BCUT2D eigenvalue weighted by molar-refractivity contribution is 7.91. The van der Waals surface area contributed by atoms with E-state index in [-0.39, 0.29) is 16.4 Å². The molecule has 0 radical (unpaired) electrons. The van der Waals surface area contributed by atoms with Gasteiger partial charge in [0.25, 0.3) is 0 Å². The summed E-state index contributed by atoms with van der Waals surface area (Å²) in [6, 6.07) is 9.60. The van der Waals surface area contributed by atoms with Gasteiger partial charge < -0.3 is 4.74 Å². The quantitative estimate of drug-likeness (QED) is 0.642. The van der Waals surface area contributed by atoms with Gasteiger partial charge in [0.05, 0.1) is 22.0 Å². The van der Waals surface area contributed by atoms with Gasteiger partial charge in [0.2, 0.25) is 9.84 Å². The third-order valence-electron chi connectivity index (χ3n) is 2.44. The van der Waals surface area contributed by atoms with Crippen molar-refractivity contribution in [1.29, 1.82) is 0 Å². The molecule has 6 heteroatoms. The number of carbonyl (C=O) groups excluding carboxylic acids is 1. The van der Waals surface area contributed by atoms with Crippen LogP contribution in [0.25, 0.3) is 0 Å². The fraction of sp³-hybridized carbons (Fsp3) is 0.154. The Morgan fingerprint density at radius 1 is 1.16 bits per heavy atom. The predicted molar refractivity (Wildman–Crippen MR) is 73.2 cm³/mol. The highest BCUT2D eigenvalue weighted by Gasteiger charge is 2.26. The van der Waals surface area contributed by atoms with Gasteiger partial charge in [-0.05, 0) is 19.1 Å². The summed E-state index contributed by atoms with van der Waals surface area (Å²) in [6.07, 6.45) is 0. The van der Waals surface area contributed by atoms with Crippen LogP contribution in [0.2, 0.25) is 0 Å². The fourth-order valence-corrected chi connectivity index (χ4v) is 4.62. The summed E-state index contributed by atoms with van der Waals surface area (Å²) < 4.78 is 29.5. The van der Waals surface area contributed by atoms with Crippen LogP contribution in [0.5, 0.6) is 0 Å². The molecule has 0 aliphatic heterocycles. The van der Waals surface area contributed by atoms with E-state index >= 15 is 0 Å². The first-order valence-electron chi connectivity index (χ1n) is 5.64. The van der Waals surface area contributed by atoms with Crippen molar-refractivity contribution in [3.8, 4) is 0 Å². The molecule has 1 aromatic carbocycles. The van der Waals surface area contributed by atoms with Gasteiger partial charge in [-0.3, -0.25) is 0 Å². The molecule has 1 aromatic heterocycles. The van der Waals surface area contributed by atoms with Gasteiger partial charge in [0.15, 0.2) is 10.8 Å². The normalized spacial score (nSPS) is 12.2. The fourth-order valence-electron chi connectivity index (χ4n) is 1.52. The molecule has 0 saturated heterocycles. The van der Waals surface area contributed by atoms with Crippen LogP contribution in [0.3, 0.4) is 0 Å². The number of benzene rings is 1. The van der Waals surface area contributed by atoms with Crippen LogP contribution in [0, 0.1) is 0 Å². The van der Waals surface area contributed by atoms with Crippen molar-refractivity contribution in [1.82, 2.24) is 0 Å². The van der Waals surface area contributed by atoms with Crippen molar-refractivity contribution in [3.05, 3.63) is 47.2 Å². The van der Waals surface area contributed by atoms with Gasteiger partial charge in [-0.15, -0.1) is 0 Å². The number of thiophene rings is 1. The Labute approximate surface area is 114 Å². The molecule has 100 valence electrons. The second-order valence-electron chi connectivity index (χ2n) is 3.69. The summed E-state index contributed by atoms with van der Waals surface area (Å²) >= 11 is 0. The molecule has 0 amide bonds. The Morgan fingerprint density at radius 2 is 1.84 bits per heavy atom. The molecule has 0 fully saturated rings. The van der Waals surface area contributed by atoms with Crippen LogP contribution in [0.4, 0.5) is 4.79 Å². The topological polar surface area (TPSA) is 60.4 Å². The smallest absolute Gasteiger partial charge is 0.422 e. The first-order valence-corrected chi connectivity index (χ1v) is 8.48. The average Bonchev–Trinajstić information content (AvgIpc) is 2.90. The summed E-state index contributed by atoms with van der Waals surface area (Å²) in [5.41, 5.74) is 0. The minimum Gasteiger partial charge on any atom is -0.422 e. The molecule has 0 aliphatic rings. The molecule has 1 atom stereocenters. The van der Waals surface area contributed by atoms with Crippen molar-refractivity contribution in [2.24, 2.45) is 0 Å². The van der Waals surface area contributed by atoms with Crippen LogP contribution in [-0.4, -0.2) is 20.3 Å². The van der Waals surface area contributed by atoms with Crippen LogP contribution in [-0.2, 0) is 14.6 Å². The van der Waals surface area contributed by atoms with E-state index in [0.717, 1.165) is 0 Å². The van der Waals surface area contributed by atoms with Crippen molar-refractivity contribution in [3.63, 3.8) is 0 Å². The van der Waals surface area contributed by atoms with E-state index in [2.05, 4.69) is 0 Å². The molecule has 1 unspecified atom stereocenters. The predicted octanol–water partition coefficient (Wildman–Crippen LogP) is 3.27. The van der Waals surface area contributed by atoms with Gasteiger partial charge in [-0.25, -0.2) is 8.42 Å².